The van der Waals surface area contributed by atoms with Crippen molar-refractivity contribution in [3.05, 3.63) is 58.3 Å². The Kier molecular flexibility index (Phi) is 4.28. The van der Waals surface area contributed by atoms with E-state index < -0.39 is 0 Å². The fourth-order valence-corrected chi connectivity index (χ4v) is 3.30. The molecule has 0 spiro atoms. The third kappa shape index (κ3) is 3.66. The summed E-state index contributed by atoms with van der Waals surface area (Å²) in [5.41, 5.74) is 1.42. The Balaban J connectivity index is 1.45. The average molecular weight is 272 g/mol. The molecule has 19 heavy (non-hydrogen) atoms. The molecule has 3 heteroatoms. The molecule has 0 aliphatic carbocycles. The maximum Gasteiger partial charge on any atom is 0.0302 e. The van der Waals surface area contributed by atoms with Crippen molar-refractivity contribution in [2.75, 3.05) is 13.1 Å². The maximum absolute atomic E-state index is 3.67. The van der Waals surface area contributed by atoms with Gasteiger partial charge in [-0.1, -0.05) is 36.4 Å². The van der Waals surface area contributed by atoms with E-state index in [1.54, 1.807) is 0 Å². The largest absolute Gasteiger partial charge is 0.308 e. The molecule has 2 heterocycles. The predicted octanol–water partition coefficient (Wildman–Crippen LogP) is 3.11. The normalized spacial score (nSPS) is 19.9. The lowest BCUT2D eigenvalue weighted by Gasteiger charge is -2.16. The lowest BCUT2D eigenvalue weighted by molar-refractivity contribution is 0.320. The minimum atomic E-state index is 0.644. The molecule has 1 N–H and O–H groups in total. The van der Waals surface area contributed by atoms with Crippen molar-refractivity contribution in [1.29, 1.82) is 0 Å². The predicted molar refractivity (Wildman–Crippen MR) is 81.3 cm³/mol. The van der Waals surface area contributed by atoms with Crippen LogP contribution in [0.15, 0.2) is 47.8 Å². The van der Waals surface area contributed by atoms with Crippen LogP contribution < -0.4 is 5.32 Å². The number of likely N-dealkylation sites (tertiary alicyclic amines) is 1. The van der Waals surface area contributed by atoms with E-state index >= 15 is 0 Å². The lowest BCUT2D eigenvalue weighted by Crippen LogP contribution is -2.31. The summed E-state index contributed by atoms with van der Waals surface area (Å²) >= 11 is 1.83. The van der Waals surface area contributed by atoms with Crippen molar-refractivity contribution < 1.29 is 0 Å². The molecule has 2 aromatic rings. The quantitative estimate of drug-likeness (QED) is 0.899. The summed E-state index contributed by atoms with van der Waals surface area (Å²) < 4.78 is 0. The van der Waals surface area contributed by atoms with E-state index in [2.05, 4.69) is 58.1 Å². The van der Waals surface area contributed by atoms with Crippen molar-refractivity contribution >= 4 is 11.3 Å². The van der Waals surface area contributed by atoms with Crippen LogP contribution in [0, 0.1) is 0 Å². The molecule has 1 saturated heterocycles. The molecule has 0 bridgehead atoms. The van der Waals surface area contributed by atoms with Gasteiger partial charge in [0, 0.05) is 37.1 Å². The zero-order chi connectivity index (χ0) is 12.9. The fraction of sp³-hybridized carbons (Fsp3) is 0.375. The van der Waals surface area contributed by atoms with E-state index in [4.69, 9.17) is 0 Å². The molecular formula is C16H20N2S. The number of benzene rings is 1. The summed E-state index contributed by atoms with van der Waals surface area (Å²) in [6.45, 7) is 4.47. The summed E-state index contributed by atoms with van der Waals surface area (Å²) in [5, 5.41) is 5.81. The van der Waals surface area contributed by atoms with Gasteiger partial charge in [-0.3, -0.25) is 4.90 Å². The van der Waals surface area contributed by atoms with Gasteiger partial charge in [-0.15, -0.1) is 11.3 Å². The highest BCUT2D eigenvalue weighted by Gasteiger charge is 2.21. The summed E-state index contributed by atoms with van der Waals surface area (Å²) in [7, 11) is 0. The molecule has 100 valence electrons. The van der Waals surface area contributed by atoms with Crippen LogP contribution in [0.1, 0.15) is 16.9 Å². The molecule has 1 aliphatic rings. The first-order valence-corrected chi connectivity index (χ1v) is 7.80. The molecule has 1 unspecified atom stereocenters. The van der Waals surface area contributed by atoms with Crippen molar-refractivity contribution in [2.45, 2.75) is 25.6 Å². The third-order valence-electron chi connectivity index (χ3n) is 3.67. The van der Waals surface area contributed by atoms with Crippen LogP contribution in [-0.4, -0.2) is 24.0 Å². The van der Waals surface area contributed by atoms with Crippen LogP contribution >= 0.6 is 11.3 Å². The SMILES string of the molecule is c1ccc(CN2CCC(NCc3cccs3)C2)cc1. The van der Waals surface area contributed by atoms with Crippen LogP contribution in [0.3, 0.4) is 0 Å². The zero-order valence-electron chi connectivity index (χ0n) is 11.1. The van der Waals surface area contributed by atoms with Gasteiger partial charge in [0.05, 0.1) is 0 Å². The smallest absolute Gasteiger partial charge is 0.0302 e. The van der Waals surface area contributed by atoms with E-state index in [9.17, 15) is 0 Å². The fourth-order valence-electron chi connectivity index (χ4n) is 2.64. The first kappa shape index (κ1) is 12.9. The van der Waals surface area contributed by atoms with Crippen molar-refractivity contribution in [2.24, 2.45) is 0 Å². The Morgan fingerprint density at radius 1 is 1.16 bits per heavy atom. The zero-order valence-corrected chi connectivity index (χ0v) is 11.9. The van der Waals surface area contributed by atoms with Crippen molar-refractivity contribution in [3.63, 3.8) is 0 Å². The number of nitrogens with zero attached hydrogens (tertiary/aromatic N) is 1. The number of hydrogen-bond donors (Lipinski definition) is 1. The standard InChI is InChI=1S/C16H20N2S/c1-2-5-14(6-3-1)12-18-9-8-15(13-18)17-11-16-7-4-10-19-16/h1-7,10,15,17H,8-9,11-13H2. The second kappa shape index (κ2) is 6.33. The minimum absolute atomic E-state index is 0.644. The molecule has 3 rings (SSSR count). The highest BCUT2D eigenvalue weighted by molar-refractivity contribution is 7.09. The molecule has 1 aromatic heterocycles. The summed E-state index contributed by atoms with van der Waals surface area (Å²) in [6.07, 6.45) is 1.26. The van der Waals surface area contributed by atoms with Crippen LogP contribution in [0.5, 0.6) is 0 Å². The number of hydrogen-bond acceptors (Lipinski definition) is 3. The Hall–Kier alpha value is -1.16. The van der Waals surface area contributed by atoms with Gasteiger partial charge in [0.1, 0.15) is 0 Å². The van der Waals surface area contributed by atoms with Gasteiger partial charge < -0.3 is 5.32 Å². The number of rotatable bonds is 5. The second-order valence-electron chi connectivity index (χ2n) is 5.17. The Morgan fingerprint density at radius 3 is 2.84 bits per heavy atom. The van der Waals surface area contributed by atoms with E-state index in [1.807, 2.05) is 11.3 Å². The van der Waals surface area contributed by atoms with Gasteiger partial charge >= 0.3 is 0 Å². The molecule has 1 atom stereocenters. The molecule has 0 amide bonds. The van der Waals surface area contributed by atoms with Crippen LogP contribution in [-0.2, 0) is 13.1 Å². The molecular weight excluding hydrogens is 252 g/mol. The molecule has 1 aliphatic heterocycles. The highest BCUT2D eigenvalue weighted by Crippen LogP contribution is 2.15. The minimum Gasteiger partial charge on any atom is -0.308 e. The van der Waals surface area contributed by atoms with Crippen molar-refractivity contribution in [3.8, 4) is 0 Å². The highest BCUT2D eigenvalue weighted by atomic mass is 32.1. The Morgan fingerprint density at radius 2 is 2.05 bits per heavy atom. The Bertz CT molecular complexity index is 481. The van der Waals surface area contributed by atoms with Crippen LogP contribution in [0.2, 0.25) is 0 Å². The van der Waals surface area contributed by atoms with Gasteiger partial charge in [-0.2, -0.15) is 0 Å². The lowest BCUT2D eigenvalue weighted by atomic mass is 10.2. The van der Waals surface area contributed by atoms with Gasteiger partial charge in [0.2, 0.25) is 0 Å². The summed E-state index contributed by atoms with van der Waals surface area (Å²) in [5.74, 6) is 0. The van der Waals surface area contributed by atoms with E-state index in [1.165, 1.54) is 30.0 Å². The van der Waals surface area contributed by atoms with Crippen molar-refractivity contribution in [1.82, 2.24) is 10.2 Å². The summed E-state index contributed by atoms with van der Waals surface area (Å²) in [4.78, 5) is 3.98. The van der Waals surface area contributed by atoms with Gasteiger partial charge in [0.25, 0.3) is 0 Å². The van der Waals surface area contributed by atoms with Crippen LogP contribution in [0.25, 0.3) is 0 Å². The molecule has 2 nitrogen and oxygen atoms in total. The first-order valence-electron chi connectivity index (χ1n) is 6.92. The van der Waals surface area contributed by atoms with Crippen LogP contribution in [0.4, 0.5) is 0 Å². The molecule has 0 saturated carbocycles. The third-order valence-corrected chi connectivity index (χ3v) is 4.54. The molecule has 1 fully saturated rings. The average Bonchev–Trinajstić information content (AvgIpc) is 3.09. The van der Waals surface area contributed by atoms with Gasteiger partial charge in [-0.25, -0.2) is 0 Å². The first-order chi connectivity index (χ1) is 9.40. The summed E-state index contributed by atoms with van der Waals surface area (Å²) in [6, 6.07) is 15.7. The van der Waals surface area contributed by atoms with E-state index in [0.29, 0.717) is 6.04 Å². The number of thiophene rings is 1. The second-order valence-corrected chi connectivity index (χ2v) is 6.20. The Labute approximate surface area is 119 Å². The van der Waals surface area contributed by atoms with E-state index in [0.717, 1.165) is 13.1 Å². The maximum atomic E-state index is 3.67. The monoisotopic (exact) mass is 272 g/mol. The van der Waals surface area contributed by atoms with E-state index in [-0.39, 0.29) is 0 Å². The molecule has 0 radical (unpaired) electrons. The number of nitrogens with one attached hydrogen (secondary N) is 1. The van der Waals surface area contributed by atoms with Gasteiger partial charge in [-0.05, 0) is 23.4 Å². The molecule has 1 aromatic carbocycles. The topological polar surface area (TPSA) is 15.3 Å². The van der Waals surface area contributed by atoms with Gasteiger partial charge in [0.15, 0.2) is 0 Å².